The molecule has 0 unspecified atom stereocenters. The Morgan fingerprint density at radius 1 is 1.17 bits per heavy atom. The Kier molecular flexibility index (Phi) is 7.50. The van der Waals surface area contributed by atoms with Gasteiger partial charge in [0.15, 0.2) is 0 Å². The van der Waals surface area contributed by atoms with E-state index in [9.17, 15) is 0 Å². The lowest BCUT2D eigenvalue weighted by Crippen LogP contribution is -2.44. The maximum Gasteiger partial charge on any atom is 0.0561 e. The summed E-state index contributed by atoms with van der Waals surface area (Å²) >= 11 is 0. The van der Waals surface area contributed by atoms with Crippen LogP contribution in [0.2, 0.25) is 23.7 Å². The van der Waals surface area contributed by atoms with Crippen molar-refractivity contribution in [2.24, 2.45) is 5.92 Å². The summed E-state index contributed by atoms with van der Waals surface area (Å²) in [5.41, 5.74) is 0.956. The van der Waals surface area contributed by atoms with Crippen LogP contribution < -0.4 is 0 Å². The van der Waals surface area contributed by atoms with E-state index >= 15 is 0 Å². The zero-order valence-corrected chi connectivity index (χ0v) is 15.0. The van der Waals surface area contributed by atoms with Crippen molar-refractivity contribution in [2.45, 2.75) is 90.4 Å². The fourth-order valence-corrected chi connectivity index (χ4v) is 6.55. The molecule has 0 radical (unpaired) electrons. The number of hydrogen-bond donors (Lipinski definition) is 0. The van der Waals surface area contributed by atoms with Gasteiger partial charge in [-0.1, -0.05) is 73.1 Å². The van der Waals surface area contributed by atoms with E-state index < -0.39 is 8.07 Å². The first-order valence-electron chi connectivity index (χ1n) is 7.79. The van der Waals surface area contributed by atoms with Crippen LogP contribution in [0.15, 0.2) is 12.7 Å². The molecule has 0 aliphatic heterocycles. The normalized spacial score (nSPS) is 16.4. The van der Waals surface area contributed by atoms with Crippen molar-refractivity contribution in [2.75, 3.05) is 0 Å². The van der Waals surface area contributed by atoms with Gasteiger partial charge in [-0.2, -0.15) is 0 Å². The van der Waals surface area contributed by atoms with Gasteiger partial charge < -0.3 is 0 Å². The number of rotatable bonds is 8. The van der Waals surface area contributed by atoms with Crippen molar-refractivity contribution in [1.29, 1.82) is 0 Å². The van der Waals surface area contributed by atoms with Crippen LogP contribution in [-0.4, -0.2) is 8.07 Å². The maximum atomic E-state index is 3.88. The molecule has 0 fully saturated rings. The highest BCUT2D eigenvalue weighted by molar-refractivity contribution is 6.81. The molecule has 18 heavy (non-hydrogen) atoms. The summed E-state index contributed by atoms with van der Waals surface area (Å²) in [6, 6.07) is 0. The van der Waals surface area contributed by atoms with Crippen LogP contribution in [0.5, 0.6) is 0 Å². The maximum absolute atomic E-state index is 3.88. The van der Waals surface area contributed by atoms with Crippen LogP contribution in [0.1, 0.15) is 66.7 Å². The van der Waals surface area contributed by atoms with Crippen LogP contribution in [0.3, 0.4) is 0 Å². The van der Waals surface area contributed by atoms with Crippen molar-refractivity contribution in [1.82, 2.24) is 0 Å². The summed E-state index contributed by atoms with van der Waals surface area (Å²) in [6.45, 7) is 21.3. The van der Waals surface area contributed by atoms with Gasteiger partial charge in [-0.25, -0.2) is 0 Å². The van der Waals surface area contributed by atoms with Crippen molar-refractivity contribution in [3.05, 3.63) is 12.7 Å². The van der Waals surface area contributed by atoms with Gasteiger partial charge in [-0.15, -0.1) is 6.58 Å². The third-order valence-electron chi connectivity index (χ3n) is 5.24. The van der Waals surface area contributed by atoms with Crippen LogP contribution in [-0.2, 0) is 0 Å². The Morgan fingerprint density at radius 2 is 1.72 bits per heavy atom. The molecule has 0 amide bonds. The number of unbranched alkanes of at least 4 members (excludes halogenated alkanes) is 1. The predicted molar refractivity (Wildman–Crippen MR) is 89.1 cm³/mol. The highest BCUT2D eigenvalue weighted by Gasteiger charge is 2.43. The summed E-state index contributed by atoms with van der Waals surface area (Å²) in [5, 5.41) is 0.508. The summed E-state index contributed by atoms with van der Waals surface area (Å²) in [7, 11) is -1.22. The van der Waals surface area contributed by atoms with Crippen molar-refractivity contribution >= 4 is 8.07 Å². The zero-order chi connectivity index (χ0) is 14.4. The molecule has 0 saturated carbocycles. The van der Waals surface area contributed by atoms with Gasteiger partial charge >= 0.3 is 0 Å². The summed E-state index contributed by atoms with van der Waals surface area (Å²) in [5.74, 6) is 0.857. The summed E-state index contributed by atoms with van der Waals surface area (Å²) in [4.78, 5) is 0. The monoisotopic (exact) mass is 268 g/mol. The molecule has 0 aliphatic rings. The molecule has 0 saturated heterocycles. The number of hydrogen-bond acceptors (Lipinski definition) is 0. The molecule has 1 heteroatoms. The quantitative estimate of drug-likeness (QED) is 0.341. The highest BCUT2D eigenvalue weighted by Crippen LogP contribution is 2.49. The summed E-state index contributed by atoms with van der Waals surface area (Å²) in [6.07, 6.45) is 8.75. The average Bonchev–Trinajstić information content (AvgIpc) is 2.25. The van der Waals surface area contributed by atoms with E-state index in [1.807, 2.05) is 0 Å². The van der Waals surface area contributed by atoms with E-state index in [1.165, 1.54) is 32.1 Å². The van der Waals surface area contributed by atoms with E-state index in [-0.39, 0.29) is 0 Å². The zero-order valence-electron chi connectivity index (χ0n) is 14.0. The van der Waals surface area contributed by atoms with Crippen LogP contribution in [0.4, 0.5) is 0 Å². The van der Waals surface area contributed by atoms with Crippen LogP contribution in [0.25, 0.3) is 0 Å². The molecular weight excluding hydrogens is 232 g/mol. The van der Waals surface area contributed by atoms with Gasteiger partial charge in [-0.3, -0.25) is 0 Å². The Bertz CT molecular complexity index is 234. The first kappa shape index (κ1) is 18.0. The molecule has 0 bridgehead atoms. The molecule has 0 N–H and O–H groups in total. The van der Waals surface area contributed by atoms with Gasteiger partial charge in [0, 0.05) is 0 Å². The minimum Gasteiger partial charge on any atom is -0.103 e. The smallest absolute Gasteiger partial charge is 0.0561 e. The lowest BCUT2D eigenvalue weighted by atomic mass is 9.97. The first-order valence-corrected chi connectivity index (χ1v) is 10.9. The average molecular weight is 269 g/mol. The van der Waals surface area contributed by atoms with E-state index in [2.05, 4.69) is 60.4 Å². The molecule has 0 aromatic heterocycles. The van der Waals surface area contributed by atoms with Crippen molar-refractivity contribution in [3.8, 4) is 0 Å². The standard InChI is InChI=1S/C17H36Si/c1-9-11-13-15(3)16(14-12-10-2)18(7,8)17(4,5)6/h9,15-16H,1,10-14H2,2-8H3/t15-,16-/m0/s1. The Hall–Kier alpha value is -0.0431. The Morgan fingerprint density at radius 3 is 2.11 bits per heavy atom. The molecule has 0 spiro atoms. The van der Waals surface area contributed by atoms with Crippen LogP contribution >= 0.6 is 0 Å². The van der Waals surface area contributed by atoms with Crippen molar-refractivity contribution < 1.29 is 0 Å². The summed E-state index contributed by atoms with van der Waals surface area (Å²) < 4.78 is 0. The molecule has 0 aliphatic carbocycles. The second-order valence-corrected chi connectivity index (χ2v) is 13.2. The molecule has 0 nitrogen and oxygen atoms in total. The van der Waals surface area contributed by atoms with Crippen molar-refractivity contribution in [3.63, 3.8) is 0 Å². The van der Waals surface area contributed by atoms with E-state index in [1.54, 1.807) is 0 Å². The fourth-order valence-electron chi connectivity index (χ4n) is 2.92. The lowest BCUT2D eigenvalue weighted by molar-refractivity contribution is 0.442. The van der Waals surface area contributed by atoms with Gasteiger partial charge in [0.05, 0.1) is 8.07 Å². The Labute approximate surface area is 117 Å². The largest absolute Gasteiger partial charge is 0.103 e. The minimum absolute atomic E-state index is 0.508. The van der Waals surface area contributed by atoms with Gasteiger partial charge in [0.2, 0.25) is 0 Å². The Balaban J connectivity index is 4.90. The second kappa shape index (κ2) is 7.52. The first-order chi connectivity index (χ1) is 8.18. The predicted octanol–water partition coefficient (Wildman–Crippen LogP) is 6.66. The molecule has 0 heterocycles. The third kappa shape index (κ3) is 4.91. The number of allylic oxidation sites excluding steroid dienone is 1. The molecule has 108 valence electrons. The fraction of sp³-hybridized carbons (Fsp3) is 0.882. The molecule has 0 aromatic rings. The molecule has 0 rings (SSSR count). The SMILES string of the molecule is C=CCC[C@H](C)[C@H](CCCC)[Si](C)(C)C(C)(C)C. The molecule has 2 atom stereocenters. The second-order valence-electron chi connectivity index (χ2n) is 7.56. The topological polar surface area (TPSA) is 0 Å². The van der Waals surface area contributed by atoms with Gasteiger partial charge in [0.1, 0.15) is 0 Å². The highest BCUT2D eigenvalue weighted by atomic mass is 28.3. The van der Waals surface area contributed by atoms with E-state index in [0.29, 0.717) is 5.04 Å². The molecule has 0 aromatic carbocycles. The van der Waals surface area contributed by atoms with Gasteiger partial charge in [0.25, 0.3) is 0 Å². The van der Waals surface area contributed by atoms with E-state index in [4.69, 9.17) is 0 Å². The molecular formula is C17H36Si. The lowest BCUT2D eigenvalue weighted by Gasteiger charge is -2.46. The third-order valence-corrected chi connectivity index (χ3v) is 11.8. The van der Waals surface area contributed by atoms with E-state index in [0.717, 1.165) is 11.5 Å². The van der Waals surface area contributed by atoms with Gasteiger partial charge in [-0.05, 0) is 29.3 Å². The van der Waals surface area contributed by atoms with Crippen LogP contribution in [0, 0.1) is 5.92 Å². The minimum atomic E-state index is -1.22.